The zero-order chi connectivity index (χ0) is 34.7. The first kappa shape index (κ1) is 32.2. The standard InChI is InChI=1S/C46H44N2OS/c1-29(2)39-26-34(33-22-20-32(21-23-33)31-14-9-8-10-15-31)27-40(30(3)4)44(39)48-42-19-12-11-18-41(42)47-46(48)38-17-13-16-37-36-25-24-35(50(5,6)7)28-43(36)49-45(37)38/h8-30H,1-7H3. The van der Waals surface area contributed by atoms with E-state index in [0.717, 1.165) is 44.4 Å². The van der Waals surface area contributed by atoms with Gasteiger partial charge in [0.1, 0.15) is 17.0 Å². The number of benzene rings is 6. The van der Waals surface area contributed by atoms with Crippen molar-refractivity contribution in [3.8, 4) is 39.3 Å². The van der Waals surface area contributed by atoms with Gasteiger partial charge in [-0.25, -0.2) is 15.0 Å². The summed E-state index contributed by atoms with van der Waals surface area (Å²) in [5.74, 6) is 1.46. The lowest BCUT2D eigenvalue weighted by Crippen LogP contribution is -2.09. The predicted molar refractivity (Wildman–Crippen MR) is 216 cm³/mol. The third-order valence-electron chi connectivity index (χ3n) is 9.94. The molecule has 0 radical (unpaired) electrons. The van der Waals surface area contributed by atoms with Gasteiger partial charge in [-0.1, -0.05) is 107 Å². The second kappa shape index (κ2) is 12.4. The normalized spacial score (nSPS) is 12.6. The van der Waals surface area contributed by atoms with E-state index in [4.69, 9.17) is 9.40 Å². The van der Waals surface area contributed by atoms with Crippen LogP contribution in [0.1, 0.15) is 50.7 Å². The number of nitrogens with zero attached hydrogens (tertiary/aromatic N) is 2. The van der Waals surface area contributed by atoms with E-state index >= 15 is 0 Å². The van der Waals surface area contributed by atoms with Crippen LogP contribution in [0.2, 0.25) is 0 Å². The summed E-state index contributed by atoms with van der Waals surface area (Å²) in [4.78, 5) is 6.71. The lowest BCUT2D eigenvalue weighted by atomic mass is 9.87. The molecule has 6 aromatic carbocycles. The maximum atomic E-state index is 6.79. The van der Waals surface area contributed by atoms with Crippen LogP contribution in [0.15, 0.2) is 137 Å². The fourth-order valence-electron chi connectivity index (χ4n) is 7.24. The van der Waals surface area contributed by atoms with E-state index in [0.29, 0.717) is 0 Å². The molecule has 0 aliphatic heterocycles. The number of para-hydroxylation sites is 3. The molecule has 8 aromatic rings. The van der Waals surface area contributed by atoms with Gasteiger partial charge in [0.05, 0.1) is 22.3 Å². The molecule has 250 valence electrons. The van der Waals surface area contributed by atoms with E-state index in [1.807, 2.05) is 0 Å². The van der Waals surface area contributed by atoms with Gasteiger partial charge in [-0.3, -0.25) is 4.57 Å². The molecule has 8 rings (SSSR count). The molecule has 0 unspecified atom stereocenters. The van der Waals surface area contributed by atoms with Crippen LogP contribution in [0.25, 0.3) is 72.3 Å². The Bertz CT molecular complexity index is 2480. The average molecular weight is 673 g/mol. The quantitative estimate of drug-likeness (QED) is 0.169. The third-order valence-corrected chi connectivity index (χ3v) is 11.6. The molecule has 2 heterocycles. The summed E-state index contributed by atoms with van der Waals surface area (Å²) < 4.78 is 9.21. The molecular formula is C46H44N2OS. The zero-order valence-corrected chi connectivity index (χ0v) is 30.8. The van der Waals surface area contributed by atoms with Gasteiger partial charge in [0, 0.05) is 10.8 Å². The molecule has 0 saturated carbocycles. The second-order valence-corrected chi connectivity index (χ2v) is 18.9. The SMILES string of the molecule is CC(C)c1cc(-c2ccc(-c3ccccc3)cc2)cc(C(C)C)c1-n1c(-c2cccc3c2oc2cc(S(C)(C)C)ccc23)nc2ccccc21. The Morgan fingerprint density at radius 3 is 1.86 bits per heavy atom. The highest BCUT2D eigenvalue weighted by Crippen LogP contribution is 2.48. The van der Waals surface area contributed by atoms with Crippen molar-refractivity contribution in [2.45, 2.75) is 44.4 Å². The van der Waals surface area contributed by atoms with Crippen LogP contribution in [0.4, 0.5) is 0 Å². The number of hydrogen-bond donors (Lipinski definition) is 0. The zero-order valence-electron chi connectivity index (χ0n) is 30.0. The molecule has 0 fully saturated rings. The summed E-state index contributed by atoms with van der Waals surface area (Å²) in [6.45, 7) is 9.22. The van der Waals surface area contributed by atoms with Gasteiger partial charge in [-0.05, 0) is 117 Å². The maximum absolute atomic E-state index is 6.79. The lowest BCUT2D eigenvalue weighted by molar-refractivity contribution is 0.668. The van der Waals surface area contributed by atoms with Crippen molar-refractivity contribution >= 4 is 43.0 Å². The number of imidazole rings is 1. The number of furan rings is 1. The Balaban J connectivity index is 1.36. The third kappa shape index (κ3) is 5.52. The van der Waals surface area contributed by atoms with Crippen molar-refractivity contribution in [1.29, 1.82) is 0 Å². The summed E-state index contributed by atoms with van der Waals surface area (Å²) in [6, 6.07) is 46.2. The number of hydrogen-bond acceptors (Lipinski definition) is 2. The maximum Gasteiger partial charge on any atom is 0.149 e. The molecule has 0 aliphatic rings. The molecule has 0 amide bonds. The number of fused-ring (bicyclic) bond motifs is 4. The van der Waals surface area contributed by atoms with Crippen LogP contribution in [0.3, 0.4) is 0 Å². The molecule has 0 aliphatic carbocycles. The van der Waals surface area contributed by atoms with Crippen molar-refractivity contribution in [1.82, 2.24) is 9.55 Å². The second-order valence-electron chi connectivity index (χ2n) is 14.8. The summed E-state index contributed by atoms with van der Waals surface area (Å²) in [7, 11) is -0.895. The largest absolute Gasteiger partial charge is 0.455 e. The molecule has 0 N–H and O–H groups in total. The lowest BCUT2D eigenvalue weighted by Gasteiger charge is -2.25. The highest BCUT2D eigenvalue weighted by atomic mass is 32.3. The first-order chi connectivity index (χ1) is 24.1. The van der Waals surface area contributed by atoms with E-state index in [1.54, 1.807) is 0 Å². The Morgan fingerprint density at radius 2 is 1.20 bits per heavy atom. The molecule has 4 heteroatoms. The Labute approximate surface area is 296 Å². The Morgan fingerprint density at radius 1 is 0.580 bits per heavy atom. The van der Waals surface area contributed by atoms with Gasteiger partial charge < -0.3 is 4.42 Å². The summed E-state index contributed by atoms with van der Waals surface area (Å²) in [5.41, 5.74) is 13.6. The van der Waals surface area contributed by atoms with Crippen molar-refractivity contribution in [3.63, 3.8) is 0 Å². The van der Waals surface area contributed by atoms with Gasteiger partial charge in [0.15, 0.2) is 0 Å². The van der Waals surface area contributed by atoms with E-state index < -0.39 is 10.0 Å². The minimum Gasteiger partial charge on any atom is -0.455 e. The van der Waals surface area contributed by atoms with E-state index in [9.17, 15) is 0 Å². The smallest absolute Gasteiger partial charge is 0.149 e. The minimum atomic E-state index is -0.895. The van der Waals surface area contributed by atoms with Crippen molar-refractivity contribution in [2.24, 2.45) is 0 Å². The van der Waals surface area contributed by atoms with E-state index in [2.05, 4.69) is 178 Å². The Kier molecular flexibility index (Phi) is 7.95. The van der Waals surface area contributed by atoms with Crippen molar-refractivity contribution < 1.29 is 4.42 Å². The fraction of sp³-hybridized carbons (Fsp3) is 0.196. The van der Waals surface area contributed by atoms with Gasteiger partial charge in [-0.2, -0.15) is 0 Å². The van der Waals surface area contributed by atoms with Gasteiger partial charge in [0.2, 0.25) is 0 Å². The molecule has 0 saturated heterocycles. The molecular weight excluding hydrogens is 629 g/mol. The average Bonchev–Trinajstić information content (AvgIpc) is 3.69. The van der Waals surface area contributed by atoms with Gasteiger partial charge in [0.25, 0.3) is 0 Å². The Hall–Kier alpha value is -5.06. The summed E-state index contributed by atoms with van der Waals surface area (Å²) in [6.07, 6.45) is 6.98. The first-order valence-corrected chi connectivity index (χ1v) is 20.4. The van der Waals surface area contributed by atoms with Crippen LogP contribution in [-0.4, -0.2) is 28.3 Å². The van der Waals surface area contributed by atoms with Crippen LogP contribution in [0.5, 0.6) is 0 Å². The minimum absolute atomic E-state index is 0.278. The van der Waals surface area contributed by atoms with Crippen molar-refractivity contribution in [3.05, 3.63) is 139 Å². The van der Waals surface area contributed by atoms with E-state index in [-0.39, 0.29) is 11.8 Å². The first-order valence-electron chi connectivity index (χ1n) is 17.5. The molecule has 0 atom stereocenters. The molecule has 2 aromatic heterocycles. The van der Waals surface area contributed by atoms with Gasteiger partial charge in [-0.15, -0.1) is 0 Å². The predicted octanol–water partition coefficient (Wildman–Crippen LogP) is 13.2. The summed E-state index contributed by atoms with van der Waals surface area (Å²) >= 11 is 0. The fourth-order valence-corrected chi connectivity index (χ4v) is 8.18. The molecule has 3 nitrogen and oxygen atoms in total. The monoisotopic (exact) mass is 672 g/mol. The molecule has 0 spiro atoms. The van der Waals surface area contributed by atoms with Crippen LogP contribution in [0, 0.1) is 0 Å². The van der Waals surface area contributed by atoms with Crippen LogP contribution < -0.4 is 0 Å². The topological polar surface area (TPSA) is 31.0 Å². The van der Waals surface area contributed by atoms with Crippen LogP contribution in [-0.2, 0) is 0 Å². The molecule has 0 bridgehead atoms. The summed E-state index contributed by atoms with van der Waals surface area (Å²) in [5, 5.41) is 2.26. The number of rotatable bonds is 7. The highest BCUT2D eigenvalue weighted by molar-refractivity contribution is 8.32. The van der Waals surface area contributed by atoms with E-state index in [1.165, 1.54) is 44.0 Å². The van der Waals surface area contributed by atoms with Crippen molar-refractivity contribution in [2.75, 3.05) is 18.8 Å². The highest BCUT2D eigenvalue weighted by Gasteiger charge is 2.25. The van der Waals surface area contributed by atoms with Gasteiger partial charge >= 0.3 is 0 Å². The molecule has 50 heavy (non-hydrogen) atoms. The van der Waals surface area contributed by atoms with Crippen LogP contribution >= 0.6 is 10.0 Å². The number of aromatic nitrogens is 2.